The van der Waals surface area contributed by atoms with Crippen molar-refractivity contribution >= 4 is 11.6 Å². The lowest BCUT2D eigenvalue weighted by Crippen LogP contribution is -2.39. The molecular weight excluding hydrogens is 374 g/mol. The van der Waals surface area contributed by atoms with Crippen LogP contribution in [0.15, 0.2) is 42.5 Å². The minimum absolute atomic E-state index is 0.0626. The van der Waals surface area contributed by atoms with E-state index in [4.69, 9.17) is 5.73 Å². The van der Waals surface area contributed by atoms with E-state index in [0.717, 1.165) is 24.1 Å². The Morgan fingerprint density at radius 3 is 2.50 bits per heavy atom. The van der Waals surface area contributed by atoms with Crippen LogP contribution in [0.2, 0.25) is 0 Å². The van der Waals surface area contributed by atoms with Crippen LogP contribution in [0.1, 0.15) is 29.5 Å². The third-order valence-electron chi connectivity index (χ3n) is 4.79. The first-order valence-corrected chi connectivity index (χ1v) is 8.97. The van der Waals surface area contributed by atoms with Gasteiger partial charge in [-0.3, -0.25) is 9.69 Å². The maximum atomic E-state index is 13.1. The number of likely N-dealkylation sites (tertiary alicyclic amines) is 1. The SMILES string of the molecule is NCc1cc(NC(=O)C2CCCN2Cc2ccc(F)cc2)cc(C(F)(F)F)c1. The molecule has 3 N–H and O–H groups in total. The van der Waals surface area contributed by atoms with Gasteiger partial charge in [-0.15, -0.1) is 0 Å². The molecule has 1 aliphatic heterocycles. The highest BCUT2D eigenvalue weighted by molar-refractivity contribution is 5.95. The molecule has 1 unspecified atom stereocenters. The fourth-order valence-corrected chi connectivity index (χ4v) is 3.41. The number of benzene rings is 2. The van der Waals surface area contributed by atoms with Gasteiger partial charge in [0, 0.05) is 18.8 Å². The van der Waals surface area contributed by atoms with E-state index in [9.17, 15) is 22.4 Å². The van der Waals surface area contributed by atoms with Crippen molar-refractivity contribution in [2.45, 2.75) is 38.1 Å². The summed E-state index contributed by atoms with van der Waals surface area (Å²) in [5, 5.41) is 2.60. The Labute approximate surface area is 160 Å². The summed E-state index contributed by atoms with van der Waals surface area (Å²) in [6, 6.07) is 8.91. The van der Waals surface area contributed by atoms with Crippen LogP contribution < -0.4 is 11.1 Å². The summed E-state index contributed by atoms with van der Waals surface area (Å²) in [6.07, 6.45) is -3.11. The van der Waals surface area contributed by atoms with Crippen molar-refractivity contribution in [1.82, 2.24) is 4.90 Å². The van der Waals surface area contributed by atoms with Crippen LogP contribution in [-0.4, -0.2) is 23.4 Å². The van der Waals surface area contributed by atoms with E-state index >= 15 is 0 Å². The second-order valence-electron chi connectivity index (χ2n) is 6.86. The molecule has 1 amide bonds. The largest absolute Gasteiger partial charge is 0.416 e. The zero-order valence-corrected chi connectivity index (χ0v) is 15.1. The molecule has 1 saturated heterocycles. The van der Waals surface area contributed by atoms with Crippen molar-refractivity contribution in [2.75, 3.05) is 11.9 Å². The lowest BCUT2D eigenvalue weighted by Gasteiger charge is -2.24. The molecule has 0 spiro atoms. The number of anilines is 1. The van der Waals surface area contributed by atoms with E-state index in [1.807, 2.05) is 4.90 Å². The van der Waals surface area contributed by atoms with Crippen molar-refractivity contribution < 1.29 is 22.4 Å². The first-order valence-electron chi connectivity index (χ1n) is 8.97. The normalized spacial score (nSPS) is 17.7. The van der Waals surface area contributed by atoms with Gasteiger partial charge in [-0.25, -0.2) is 4.39 Å². The number of alkyl halides is 3. The summed E-state index contributed by atoms with van der Waals surface area (Å²) >= 11 is 0. The Morgan fingerprint density at radius 1 is 1.14 bits per heavy atom. The van der Waals surface area contributed by atoms with E-state index < -0.39 is 17.8 Å². The molecular formula is C20H21F4N3O. The van der Waals surface area contributed by atoms with Crippen LogP contribution in [-0.2, 0) is 24.1 Å². The molecule has 8 heteroatoms. The summed E-state index contributed by atoms with van der Waals surface area (Å²) in [5.41, 5.74) is 5.88. The summed E-state index contributed by atoms with van der Waals surface area (Å²) in [4.78, 5) is 14.6. The van der Waals surface area contributed by atoms with Gasteiger partial charge >= 0.3 is 6.18 Å². The van der Waals surface area contributed by atoms with Gasteiger partial charge in [0.25, 0.3) is 0 Å². The standard InChI is InChI=1S/C20H21F4N3O/c21-16-5-3-13(4-6-16)12-27-7-1-2-18(27)19(28)26-17-9-14(11-25)8-15(10-17)20(22,23)24/h3-6,8-10,18H,1-2,7,11-12,25H2,(H,26,28). The molecule has 150 valence electrons. The topological polar surface area (TPSA) is 58.4 Å². The van der Waals surface area contributed by atoms with Crippen LogP contribution in [0.5, 0.6) is 0 Å². The van der Waals surface area contributed by atoms with Gasteiger partial charge in [0.2, 0.25) is 5.91 Å². The molecule has 2 aromatic carbocycles. The predicted molar refractivity (Wildman–Crippen MR) is 97.8 cm³/mol. The van der Waals surface area contributed by atoms with Crippen LogP contribution in [0.3, 0.4) is 0 Å². The maximum absolute atomic E-state index is 13.1. The zero-order valence-electron chi connectivity index (χ0n) is 15.1. The third kappa shape index (κ3) is 4.88. The maximum Gasteiger partial charge on any atom is 0.416 e. The fraction of sp³-hybridized carbons (Fsp3) is 0.350. The number of carbonyl (C=O) groups is 1. The number of nitrogens with two attached hydrogens (primary N) is 1. The van der Waals surface area contributed by atoms with Gasteiger partial charge in [0.15, 0.2) is 0 Å². The van der Waals surface area contributed by atoms with Gasteiger partial charge in [0.05, 0.1) is 11.6 Å². The summed E-state index contributed by atoms with van der Waals surface area (Å²) < 4.78 is 52.3. The molecule has 1 fully saturated rings. The van der Waals surface area contributed by atoms with Crippen molar-refractivity contribution in [3.63, 3.8) is 0 Å². The monoisotopic (exact) mass is 395 g/mol. The Bertz CT molecular complexity index is 836. The highest BCUT2D eigenvalue weighted by atomic mass is 19.4. The Hall–Kier alpha value is -2.45. The molecule has 0 bridgehead atoms. The second kappa shape index (κ2) is 8.28. The number of hydrogen-bond acceptors (Lipinski definition) is 3. The first kappa shape index (κ1) is 20.3. The van der Waals surface area contributed by atoms with E-state index in [-0.39, 0.29) is 24.0 Å². The number of nitrogens with one attached hydrogen (secondary N) is 1. The summed E-state index contributed by atoms with van der Waals surface area (Å²) in [6.45, 7) is 1.09. The highest BCUT2D eigenvalue weighted by Gasteiger charge is 2.33. The van der Waals surface area contributed by atoms with E-state index in [0.29, 0.717) is 25.1 Å². The lowest BCUT2D eigenvalue weighted by molar-refractivity contribution is -0.137. The van der Waals surface area contributed by atoms with Gasteiger partial charge < -0.3 is 11.1 Å². The fourth-order valence-electron chi connectivity index (χ4n) is 3.41. The molecule has 4 nitrogen and oxygen atoms in total. The third-order valence-corrected chi connectivity index (χ3v) is 4.79. The lowest BCUT2D eigenvalue weighted by atomic mass is 10.1. The molecule has 28 heavy (non-hydrogen) atoms. The van der Waals surface area contributed by atoms with Crippen LogP contribution in [0.4, 0.5) is 23.2 Å². The van der Waals surface area contributed by atoms with Crippen molar-refractivity contribution in [3.8, 4) is 0 Å². The van der Waals surface area contributed by atoms with Gasteiger partial charge in [0.1, 0.15) is 5.82 Å². The average molecular weight is 395 g/mol. The molecule has 0 saturated carbocycles. The molecule has 0 radical (unpaired) electrons. The van der Waals surface area contributed by atoms with Crippen molar-refractivity contribution in [2.24, 2.45) is 5.73 Å². The summed E-state index contributed by atoms with van der Waals surface area (Å²) in [5.74, 6) is -0.693. The molecule has 1 heterocycles. The van der Waals surface area contributed by atoms with Crippen molar-refractivity contribution in [1.29, 1.82) is 0 Å². The molecule has 1 atom stereocenters. The highest BCUT2D eigenvalue weighted by Crippen LogP contribution is 2.32. The quantitative estimate of drug-likeness (QED) is 0.755. The Balaban J connectivity index is 1.73. The van der Waals surface area contributed by atoms with E-state index in [1.54, 1.807) is 12.1 Å². The van der Waals surface area contributed by atoms with Gasteiger partial charge in [-0.05, 0) is 60.8 Å². The van der Waals surface area contributed by atoms with E-state index in [2.05, 4.69) is 5.32 Å². The molecule has 1 aliphatic rings. The van der Waals surface area contributed by atoms with Crippen LogP contribution >= 0.6 is 0 Å². The van der Waals surface area contributed by atoms with Crippen LogP contribution in [0, 0.1) is 5.82 Å². The molecule has 2 aromatic rings. The second-order valence-corrected chi connectivity index (χ2v) is 6.86. The molecule has 3 rings (SSSR count). The van der Waals surface area contributed by atoms with E-state index in [1.165, 1.54) is 18.2 Å². The number of nitrogens with zero attached hydrogens (tertiary/aromatic N) is 1. The Kier molecular flexibility index (Phi) is 6.00. The number of amides is 1. The molecule has 0 aromatic heterocycles. The number of carbonyl (C=O) groups excluding carboxylic acids is 1. The smallest absolute Gasteiger partial charge is 0.326 e. The summed E-state index contributed by atoms with van der Waals surface area (Å²) in [7, 11) is 0. The van der Waals surface area contributed by atoms with Gasteiger partial charge in [-0.2, -0.15) is 13.2 Å². The number of halogens is 4. The van der Waals surface area contributed by atoms with Gasteiger partial charge in [-0.1, -0.05) is 12.1 Å². The minimum Gasteiger partial charge on any atom is -0.326 e. The van der Waals surface area contributed by atoms with Crippen molar-refractivity contribution in [3.05, 3.63) is 65.0 Å². The first-order chi connectivity index (χ1) is 13.3. The minimum atomic E-state index is -4.52. The predicted octanol–water partition coefficient (Wildman–Crippen LogP) is 3.91. The number of rotatable bonds is 5. The number of hydrogen-bond donors (Lipinski definition) is 2. The molecule has 0 aliphatic carbocycles. The Morgan fingerprint density at radius 2 is 1.86 bits per heavy atom. The average Bonchev–Trinajstić information content (AvgIpc) is 3.11. The van der Waals surface area contributed by atoms with Crippen LogP contribution in [0.25, 0.3) is 0 Å². The zero-order chi connectivity index (χ0) is 20.3.